The Morgan fingerprint density at radius 2 is 1.87 bits per heavy atom. The van der Waals surface area contributed by atoms with E-state index in [9.17, 15) is 9.59 Å². The maximum absolute atomic E-state index is 12.4. The molecule has 6 heteroatoms. The summed E-state index contributed by atoms with van der Waals surface area (Å²) in [5, 5.41) is 4.74. The third-order valence-electron chi connectivity index (χ3n) is 5.28. The topological polar surface area (TPSA) is 70.4 Å². The molecule has 0 amide bonds. The van der Waals surface area contributed by atoms with Crippen LogP contribution >= 0.6 is 0 Å². The van der Waals surface area contributed by atoms with Gasteiger partial charge in [-0.15, -0.1) is 0 Å². The molecule has 1 atom stereocenters. The van der Waals surface area contributed by atoms with Crippen LogP contribution in [0.25, 0.3) is 23.0 Å². The number of aromatic nitrogens is 2. The summed E-state index contributed by atoms with van der Waals surface area (Å²) in [7, 11) is 1.61. The van der Waals surface area contributed by atoms with Crippen LogP contribution < -0.4 is 4.74 Å². The van der Waals surface area contributed by atoms with E-state index in [-0.39, 0.29) is 5.78 Å². The molecule has 1 aliphatic carbocycles. The number of ketones is 1. The van der Waals surface area contributed by atoms with Crippen LogP contribution in [0.5, 0.6) is 5.75 Å². The van der Waals surface area contributed by atoms with Crippen molar-refractivity contribution in [2.75, 3.05) is 7.11 Å². The van der Waals surface area contributed by atoms with Gasteiger partial charge in [-0.25, -0.2) is 9.48 Å². The fourth-order valence-electron chi connectivity index (χ4n) is 3.68. The normalized spacial score (nSPS) is 16.4. The van der Waals surface area contributed by atoms with Crippen molar-refractivity contribution in [3.05, 3.63) is 72.4 Å². The zero-order valence-corrected chi connectivity index (χ0v) is 17.4. The third-order valence-corrected chi connectivity index (χ3v) is 5.28. The number of nitrogens with zero attached hydrogens (tertiary/aromatic N) is 2. The molecule has 4 rings (SSSR count). The average molecular weight is 416 g/mol. The minimum atomic E-state index is -0.633. The number of carbonyl (C=O) groups excluding carboxylic acids is 2. The second-order valence-corrected chi connectivity index (χ2v) is 7.38. The van der Waals surface area contributed by atoms with Crippen molar-refractivity contribution in [1.82, 2.24) is 9.78 Å². The summed E-state index contributed by atoms with van der Waals surface area (Å²) in [6.07, 6.45) is 7.08. The van der Waals surface area contributed by atoms with Crippen molar-refractivity contribution in [3.63, 3.8) is 0 Å². The van der Waals surface area contributed by atoms with Gasteiger partial charge in [0, 0.05) is 29.8 Å². The molecule has 3 aromatic rings. The van der Waals surface area contributed by atoms with Gasteiger partial charge >= 0.3 is 5.97 Å². The Morgan fingerprint density at radius 1 is 1.10 bits per heavy atom. The molecular weight excluding hydrogens is 392 g/mol. The smallest absolute Gasteiger partial charge is 0.331 e. The summed E-state index contributed by atoms with van der Waals surface area (Å²) in [4.78, 5) is 24.3. The first-order chi connectivity index (χ1) is 15.2. The molecule has 0 saturated heterocycles. The van der Waals surface area contributed by atoms with E-state index in [1.165, 1.54) is 6.08 Å². The first-order valence-corrected chi connectivity index (χ1v) is 10.4. The van der Waals surface area contributed by atoms with E-state index in [0.29, 0.717) is 24.3 Å². The summed E-state index contributed by atoms with van der Waals surface area (Å²) in [6.45, 7) is 0. The number of benzene rings is 2. The number of Topliss-reactive ketones (excluding diaryl/α,β-unsaturated/α-hetero) is 1. The van der Waals surface area contributed by atoms with Gasteiger partial charge in [0.05, 0.1) is 12.8 Å². The predicted molar refractivity (Wildman–Crippen MR) is 118 cm³/mol. The molecule has 0 bridgehead atoms. The average Bonchev–Trinajstić information content (AvgIpc) is 3.24. The van der Waals surface area contributed by atoms with Crippen LogP contribution in [0.4, 0.5) is 0 Å². The van der Waals surface area contributed by atoms with Crippen LogP contribution in [-0.2, 0) is 14.3 Å². The lowest BCUT2D eigenvalue weighted by Crippen LogP contribution is -2.29. The first kappa shape index (κ1) is 20.6. The molecule has 1 saturated carbocycles. The molecule has 1 aliphatic rings. The van der Waals surface area contributed by atoms with Crippen molar-refractivity contribution < 1.29 is 19.1 Å². The maximum atomic E-state index is 12.4. The van der Waals surface area contributed by atoms with E-state index < -0.39 is 12.1 Å². The lowest BCUT2D eigenvalue weighted by Gasteiger charge is -2.19. The van der Waals surface area contributed by atoms with E-state index in [0.717, 1.165) is 29.7 Å². The predicted octanol–water partition coefficient (Wildman–Crippen LogP) is 4.62. The van der Waals surface area contributed by atoms with Gasteiger partial charge in [-0.05, 0) is 49.6 Å². The fourth-order valence-corrected chi connectivity index (χ4v) is 3.68. The molecule has 0 N–H and O–H groups in total. The molecule has 0 aliphatic heterocycles. The zero-order chi connectivity index (χ0) is 21.6. The standard InChI is InChI=1S/C25H24N2O4/c1-30-22-13-7-5-11-20(22)25-18(17-27(26-25)19-9-3-2-4-10-19)15-16-24(29)31-23-14-8-6-12-21(23)28/h2-5,7,9-11,13,15-17,23H,6,8,12,14H2,1H3/b16-15+/t23-/m0/s1. The highest BCUT2D eigenvalue weighted by Gasteiger charge is 2.25. The molecule has 6 nitrogen and oxygen atoms in total. The Hall–Kier alpha value is -3.67. The molecule has 31 heavy (non-hydrogen) atoms. The first-order valence-electron chi connectivity index (χ1n) is 10.4. The Kier molecular flexibility index (Phi) is 6.26. The number of para-hydroxylation sites is 2. The van der Waals surface area contributed by atoms with Crippen molar-refractivity contribution in [1.29, 1.82) is 0 Å². The van der Waals surface area contributed by atoms with Crippen LogP contribution in [0.15, 0.2) is 66.9 Å². The van der Waals surface area contributed by atoms with Gasteiger partial charge in [0.15, 0.2) is 11.9 Å². The summed E-state index contributed by atoms with van der Waals surface area (Å²) in [5.41, 5.74) is 3.13. The molecule has 0 unspecified atom stereocenters. The second-order valence-electron chi connectivity index (χ2n) is 7.38. The number of carbonyl (C=O) groups is 2. The third kappa shape index (κ3) is 4.74. The van der Waals surface area contributed by atoms with Crippen LogP contribution in [-0.4, -0.2) is 34.7 Å². The highest BCUT2D eigenvalue weighted by Crippen LogP contribution is 2.32. The minimum absolute atomic E-state index is 0.000363. The molecule has 158 valence electrons. The zero-order valence-electron chi connectivity index (χ0n) is 17.4. The van der Waals surface area contributed by atoms with Gasteiger partial charge in [-0.1, -0.05) is 30.3 Å². The van der Waals surface area contributed by atoms with Crippen LogP contribution in [0.2, 0.25) is 0 Å². The van der Waals surface area contributed by atoms with E-state index in [1.54, 1.807) is 17.9 Å². The largest absolute Gasteiger partial charge is 0.496 e. The lowest BCUT2D eigenvalue weighted by atomic mass is 9.96. The molecule has 1 fully saturated rings. The van der Waals surface area contributed by atoms with E-state index in [2.05, 4.69) is 0 Å². The van der Waals surface area contributed by atoms with Crippen molar-refractivity contribution >= 4 is 17.8 Å². The molecular formula is C25H24N2O4. The number of hydrogen-bond donors (Lipinski definition) is 0. The van der Waals surface area contributed by atoms with Crippen molar-refractivity contribution in [2.24, 2.45) is 0 Å². The van der Waals surface area contributed by atoms with Crippen LogP contribution in [0, 0.1) is 0 Å². The Bertz CT molecular complexity index is 1100. The Balaban J connectivity index is 1.65. The van der Waals surface area contributed by atoms with Crippen LogP contribution in [0.1, 0.15) is 31.2 Å². The van der Waals surface area contributed by atoms with Crippen molar-refractivity contribution in [3.8, 4) is 22.7 Å². The summed E-state index contributed by atoms with van der Waals surface area (Å²) in [6, 6.07) is 17.3. The van der Waals surface area contributed by atoms with E-state index in [4.69, 9.17) is 14.6 Å². The van der Waals surface area contributed by atoms with Gasteiger partial charge in [0.2, 0.25) is 0 Å². The highest BCUT2D eigenvalue weighted by atomic mass is 16.5. The highest BCUT2D eigenvalue weighted by molar-refractivity contribution is 5.92. The second kappa shape index (κ2) is 9.43. The molecule has 0 radical (unpaired) electrons. The molecule has 0 spiro atoms. The molecule has 1 heterocycles. The summed E-state index contributed by atoms with van der Waals surface area (Å²) >= 11 is 0. The summed E-state index contributed by atoms with van der Waals surface area (Å²) < 4.78 is 12.6. The Labute approximate surface area is 181 Å². The van der Waals surface area contributed by atoms with E-state index >= 15 is 0 Å². The quantitative estimate of drug-likeness (QED) is 0.433. The SMILES string of the molecule is COc1ccccc1-c1nn(-c2ccccc2)cc1/C=C/C(=O)O[C@H]1CCCCC1=O. The van der Waals surface area contributed by atoms with Gasteiger partial charge in [0.25, 0.3) is 0 Å². The number of methoxy groups -OCH3 is 1. The molecule has 1 aromatic heterocycles. The number of rotatable bonds is 6. The fraction of sp³-hybridized carbons (Fsp3) is 0.240. The number of hydrogen-bond acceptors (Lipinski definition) is 5. The maximum Gasteiger partial charge on any atom is 0.331 e. The monoisotopic (exact) mass is 416 g/mol. The van der Waals surface area contributed by atoms with Gasteiger partial charge in [-0.3, -0.25) is 4.79 Å². The summed E-state index contributed by atoms with van der Waals surface area (Å²) in [5.74, 6) is 0.157. The number of esters is 1. The van der Waals surface area contributed by atoms with Crippen LogP contribution in [0.3, 0.4) is 0 Å². The van der Waals surface area contributed by atoms with Crippen molar-refractivity contribution in [2.45, 2.75) is 31.8 Å². The molecule has 2 aromatic carbocycles. The number of ether oxygens (including phenoxy) is 2. The van der Waals surface area contributed by atoms with Gasteiger partial charge < -0.3 is 9.47 Å². The van der Waals surface area contributed by atoms with Gasteiger partial charge in [0.1, 0.15) is 11.4 Å². The Morgan fingerprint density at radius 3 is 2.65 bits per heavy atom. The van der Waals surface area contributed by atoms with Gasteiger partial charge in [-0.2, -0.15) is 5.10 Å². The van der Waals surface area contributed by atoms with E-state index in [1.807, 2.05) is 60.8 Å². The minimum Gasteiger partial charge on any atom is -0.496 e. The lowest BCUT2D eigenvalue weighted by molar-refractivity contribution is -0.152.